The van der Waals surface area contributed by atoms with Crippen LogP contribution in [-0.4, -0.2) is 15.9 Å². The summed E-state index contributed by atoms with van der Waals surface area (Å²) in [5.41, 5.74) is 1.87. The van der Waals surface area contributed by atoms with Gasteiger partial charge in [-0.05, 0) is 43.7 Å². The van der Waals surface area contributed by atoms with E-state index in [1.165, 1.54) is 12.8 Å². The smallest absolute Gasteiger partial charge is 0.306 e. The summed E-state index contributed by atoms with van der Waals surface area (Å²) in [6, 6.07) is 7.81. The number of imidazole rings is 1. The molecule has 0 bridgehead atoms. The van der Waals surface area contributed by atoms with Gasteiger partial charge < -0.3 is 9.72 Å². The molecule has 1 heterocycles. The minimum Gasteiger partial charge on any atom is -0.454 e. The number of H-pyrrole nitrogens is 1. The van der Waals surface area contributed by atoms with Crippen LogP contribution in [0.2, 0.25) is 0 Å². The highest BCUT2D eigenvalue weighted by Crippen LogP contribution is 2.38. The van der Waals surface area contributed by atoms with Crippen LogP contribution in [-0.2, 0) is 9.53 Å². The molecule has 2 aromatic rings. The average Bonchev–Trinajstić information content (AvgIpc) is 3.17. The molecular formula is C16H20N2O2. The van der Waals surface area contributed by atoms with Crippen LogP contribution in [0.25, 0.3) is 11.0 Å². The molecular weight excluding hydrogens is 252 g/mol. The number of nitrogens with one attached hydrogen (secondary N) is 1. The molecule has 0 aliphatic heterocycles. The van der Waals surface area contributed by atoms with E-state index in [9.17, 15) is 4.79 Å². The van der Waals surface area contributed by atoms with Gasteiger partial charge in [-0.25, -0.2) is 4.98 Å². The largest absolute Gasteiger partial charge is 0.454 e. The van der Waals surface area contributed by atoms with Crippen LogP contribution < -0.4 is 0 Å². The second-order valence-corrected chi connectivity index (χ2v) is 5.79. The molecule has 2 atom stereocenters. The minimum absolute atomic E-state index is 0.127. The van der Waals surface area contributed by atoms with E-state index in [2.05, 4.69) is 16.9 Å². The number of rotatable bonds is 5. The zero-order valence-corrected chi connectivity index (χ0v) is 11.9. The molecule has 1 saturated carbocycles. The number of carbonyl (C=O) groups is 1. The number of fused-ring (bicyclic) bond motifs is 1. The van der Waals surface area contributed by atoms with Crippen molar-refractivity contribution in [2.24, 2.45) is 11.8 Å². The summed E-state index contributed by atoms with van der Waals surface area (Å²) < 4.78 is 5.48. The third kappa shape index (κ3) is 2.84. The van der Waals surface area contributed by atoms with Gasteiger partial charge in [0.15, 0.2) is 6.10 Å². The van der Waals surface area contributed by atoms with Gasteiger partial charge in [-0.2, -0.15) is 0 Å². The van der Waals surface area contributed by atoms with E-state index in [-0.39, 0.29) is 12.1 Å². The Morgan fingerprint density at radius 3 is 2.85 bits per heavy atom. The highest BCUT2D eigenvalue weighted by molar-refractivity contribution is 5.75. The first-order chi connectivity index (χ1) is 9.63. The topological polar surface area (TPSA) is 55.0 Å². The second-order valence-electron chi connectivity index (χ2n) is 5.79. The predicted molar refractivity (Wildman–Crippen MR) is 77.1 cm³/mol. The van der Waals surface area contributed by atoms with Crippen molar-refractivity contribution in [2.75, 3.05) is 0 Å². The molecule has 20 heavy (non-hydrogen) atoms. The van der Waals surface area contributed by atoms with Crippen molar-refractivity contribution >= 4 is 17.0 Å². The van der Waals surface area contributed by atoms with E-state index >= 15 is 0 Å². The fourth-order valence-electron chi connectivity index (χ4n) is 2.56. The highest BCUT2D eigenvalue weighted by Gasteiger charge is 2.30. The van der Waals surface area contributed by atoms with Gasteiger partial charge in [0.25, 0.3) is 0 Å². The summed E-state index contributed by atoms with van der Waals surface area (Å²) >= 11 is 0. The van der Waals surface area contributed by atoms with E-state index in [0.29, 0.717) is 18.2 Å². The number of aromatic nitrogens is 2. The Morgan fingerprint density at radius 2 is 2.15 bits per heavy atom. The third-order valence-electron chi connectivity index (χ3n) is 4.02. The lowest BCUT2D eigenvalue weighted by molar-refractivity contribution is -0.150. The van der Waals surface area contributed by atoms with Crippen LogP contribution in [0.3, 0.4) is 0 Å². The number of benzene rings is 1. The summed E-state index contributed by atoms with van der Waals surface area (Å²) in [4.78, 5) is 19.6. The Hall–Kier alpha value is -1.84. The molecule has 0 radical (unpaired) electrons. The summed E-state index contributed by atoms with van der Waals surface area (Å²) in [5.74, 6) is 1.74. The number of aromatic amines is 1. The van der Waals surface area contributed by atoms with E-state index in [4.69, 9.17) is 4.74 Å². The lowest BCUT2D eigenvalue weighted by atomic mass is 10.0. The summed E-state index contributed by atoms with van der Waals surface area (Å²) in [6.45, 7) is 3.99. The fourth-order valence-corrected chi connectivity index (χ4v) is 2.56. The van der Waals surface area contributed by atoms with Crippen molar-refractivity contribution in [3.05, 3.63) is 30.1 Å². The zero-order valence-electron chi connectivity index (χ0n) is 11.9. The molecule has 1 aromatic heterocycles. The molecule has 1 fully saturated rings. The molecule has 3 rings (SSSR count). The first kappa shape index (κ1) is 13.2. The van der Waals surface area contributed by atoms with Gasteiger partial charge in [-0.1, -0.05) is 19.1 Å². The van der Waals surface area contributed by atoms with E-state index in [1.54, 1.807) is 0 Å². The quantitative estimate of drug-likeness (QED) is 0.846. The fraction of sp³-hybridized carbons (Fsp3) is 0.500. The van der Waals surface area contributed by atoms with Gasteiger partial charge in [-0.3, -0.25) is 4.79 Å². The van der Waals surface area contributed by atoms with Gasteiger partial charge in [0.1, 0.15) is 5.82 Å². The third-order valence-corrected chi connectivity index (χ3v) is 4.02. The average molecular weight is 272 g/mol. The van der Waals surface area contributed by atoms with Crippen molar-refractivity contribution in [2.45, 2.75) is 39.2 Å². The number of hydrogen-bond acceptors (Lipinski definition) is 3. The van der Waals surface area contributed by atoms with Crippen molar-refractivity contribution < 1.29 is 9.53 Å². The van der Waals surface area contributed by atoms with E-state index < -0.39 is 0 Å². The number of esters is 1. The van der Waals surface area contributed by atoms with E-state index in [0.717, 1.165) is 17.0 Å². The zero-order chi connectivity index (χ0) is 14.1. The standard InChI is InChI=1S/C16H20N2O2/c1-10(12-7-8-12)9-15(19)20-11(2)16-17-13-5-3-4-6-14(13)18-16/h3-6,10-12H,7-9H2,1-2H3,(H,17,18)/t10-,11+/m1/s1. The van der Waals surface area contributed by atoms with Crippen molar-refractivity contribution in [1.82, 2.24) is 9.97 Å². The minimum atomic E-state index is -0.332. The van der Waals surface area contributed by atoms with Crippen LogP contribution in [0.5, 0.6) is 0 Å². The predicted octanol–water partition coefficient (Wildman–Crippen LogP) is 3.60. The van der Waals surface area contributed by atoms with E-state index in [1.807, 2.05) is 31.2 Å². The highest BCUT2D eigenvalue weighted by atomic mass is 16.5. The first-order valence-corrected chi connectivity index (χ1v) is 7.27. The molecule has 4 heteroatoms. The second kappa shape index (κ2) is 5.27. The normalized spacial score (nSPS) is 17.9. The first-order valence-electron chi connectivity index (χ1n) is 7.27. The molecule has 0 amide bonds. The van der Waals surface area contributed by atoms with Gasteiger partial charge in [0, 0.05) is 6.42 Å². The maximum atomic E-state index is 11.9. The van der Waals surface area contributed by atoms with Gasteiger partial charge in [-0.15, -0.1) is 0 Å². The number of ether oxygens (including phenoxy) is 1. The Labute approximate surface area is 118 Å². The number of para-hydroxylation sites is 2. The Kier molecular flexibility index (Phi) is 3.47. The Morgan fingerprint density at radius 1 is 1.40 bits per heavy atom. The molecule has 1 aliphatic rings. The van der Waals surface area contributed by atoms with Crippen LogP contribution in [0.4, 0.5) is 0 Å². The molecule has 0 spiro atoms. The summed E-state index contributed by atoms with van der Waals surface area (Å²) in [7, 11) is 0. The number of hydrogen-bond donors (Lipinski definition) is 1. The molecule has 1 aromatic carbocycles. The van der Waals surface area contributed by atoms with Crippen LogP contribution in [0.15, 0.2) is 24.3 Å². The lowest BCUT2D eigenvalue weighted by Gasteiger charge is -2.13. The van der Waals surface area contributed by atoms with Crippen LogP contribution in [0, 0.1) is 11.8 Å². The molecule has 1 N–H and O–H groups in total. The molecule has 0 saturated heterocycles. The van der Waals surface area contributed by atoms with Crippen LogP contribution in [0.1, 0.15) is 45.0 Å². The molecule has 0 unspecified atom stereocenters. The molecule has 1 aliphatic carbocycles. The molecule has 106 valence electrons. The van der Waals surface area contributed by atoms with Crippen LogP contribution >= 0.6 is 0 Å². The monoisotopic (exact) mass is 272 g/mol. The Bertz CT molecular complexity index is 583. The number of nitrogens with zero attached hydrogens (tertiary/aromatic N) is 1. The summed E-state index contributed by atoms with van der Waals surface area (Å²) in [6.07, 6.45) is 2.69. The number of carbonyl (C=O) groups excluding carboxylic acids is 1. The SMILES string of the molecule is C[C@H](OC(=O)C[C@@H](C)C1CC1)c1nc2ccccc2[nH]1. The van der Waals surface area contributed by atoms with Crippen molar-refractivity contribution in [3.8, 4) is 0 Å². The van der Waals surface area contributed by atoms with Crippen molar-refractivity contribution in [3.63, 3.8) is 0 Å². The lowest BCUT2D eigenvalue weighted by Crippen LogP contribution is -2.14. The van der Waals surface area contributed by atoms with Crippen molar-refractivity contribution in [1.29, 1.82) is 0 Å². The maximum absolute atomic E-state index is 11.9. The summed E-state index contributed by atoms with van der Waals surface area (Å²) in [5, 5.41) is 0. The maximum Gasteiger partial charge on any atom is 0.306 e. The molecule has 4 nitrogen and oxygen atoms in total. The van der Waals surface area contributed by atoms with Gasteiger partial charge >= 0.3 is 5.97 Å². The van der Waals surface area contributed by atoms with Gasteiger partial charge in [0.05, 0.1) is 11.0 Å². The Balaban J connectivity index is 1.62. The van der Waals surface area contributed by atoms with Gasteiger partial charge in [0.2, 0.25) is 0 Å².